The maximum absolute atomic E-state index is 12.9. The van der Waals surface area contributed by atoms with Crippen LogP contribution in [-0.2, 0) is 9.53 Å². The number of amides is 2. The fourth-order valence-corrected chi connectivity index (χ4v) is 3.69. The number of nitrogens with zero attached hydrogens (tertiary/aromatic N) is 1. The Labute approximate surface area is 184 Å². The van der Waals surface area contributed by atoms with Gasteiger partial charge in [-0.2, -0.15) is 0 Å². The molecule has 1 aliphatic heterocycles. The summed E-state index contributed by atoms with van der Waals surface area (Å²) < 4.78 is 9.88. The van der Waals surface area contributed by atoms with Crippen LogP contribution in [0.3, 0.4) is 0 Å². The van der Waals surface area contributed by atoms with Gasteiger partial charge < -0.3 is 24.8 Å². The van der Waals surface area contributed by atoms with Crippen LogP contribution in [0.25, 0.3) is 0 Å². The highest BCUT2D eigenvalue weighted by Gasteiger charge is 2.29. The number of phenols is 1. The average Bonchev–Trinajstić information content (AvgIpc) is 2.79. The molecule has 1 fully saturated rings. The van der Waals surface area contributed by atoms with Crippen LogP contribution in [0.4, 0.5) is 5.69 Å². The van der Waals surface area contributed by atoms with Gasteiger partial charge in [0.15, 0.2) is 5.75 Å². The SMILES string of the molecule is COC(=O)c1cccc(NC(=O)C2CCN(C(=O)c3cc(Cl)ccc3OC)CC2)c1O. The molecule has 164 valence electrons. The molecule has 1 heterocycles. The zero-order chi connectivity index (χ0) is 22.5. The smallest absolute Gasteiger partial charge is 0.341 e. The number of anilines is 1. The fraction of sp³-hybridized carbons (Fsp3) is 0.318. The molecule has 0 radical (unpaired) electrons. The van der Waals surface area contributed by atoms with Gasteiger partial charge in [-0.1, -0.05) is 17.7 Å². The number of likely N-dealkylation sites (tertiary alicyclic amines) is 1. The quantitative estimate of drug-likeness (QED) is 0.539. The van der Waals surface area contributed by atoms with Crippen LogP contribution in [0, 0.1) is 5.92 Å². The normalized spacial score (nSPS) is 14.1. The molecule has 2 aromatic carbocycles. The summed E-state index contributed by atoms with van der Waals surface area (Å²) in [6.07, 6.45) is 0.913. The number of halogens is 1. The summed E-state index contributed by atoms with van der Waals surface area (Å²) in [6, 6.07) is 9.32. The minimum Gasteiger partial charge on any atom is -0.505 e. The molecule has 0 bridgehead atoms. The summed E-state index contributed by atoms with van der Waals surface area (Å²) in [6.45, 7) is 0.779. The molecule has 3 rings (SSSR count). The van der Waals surface area contributed by atoms with Gasteiger partial charge in [-0.3, -0.25) is 9.59 Å². The first-order chi connectivity index (χ1) is 14.8. The molecule has 0 unspecified atom stereocenters. The zero-order valence-electron chi connectivity index (χ0n) is 17.2. The molecule has 0 atom stereocenters. The van der Waals surface area contributed by atoms with Crippen LogP contribution in [0.15, 0.2) is 36.4 Å². The standard InChI is InChI=1S/C22H23ClN2O6/c1-30-18-7-6-14(23)12-16(18)21(28)25-10-8-13(9-11-25)20(27)24-17-5-3-4-15(19(17)26)22(29)31-2/h3-7,12-13,26H,8-11H2,1-2H3,(H,24,27). The van der Waals surface area contributed by atoms with Crippen molar-refractivity contribution in [3.63, 3.8) is 0 Å². The van der Waals surface area contributed by atoms with E-state index in [0.717, 1.165) is 0 Å². The van der Waals surface area contributed by atoms with Crippen molar-refractivity contribution in [3.05, 3.63) is 52.5 Å². The van der Waals surface area contributed by atoms with Crippen molar-refractivity contribution >= 4 is 35.1 Å². The Hall–Kier alpha value is -3.26. The van der Waals surface area contributed by atoms with Gasteiger partial charge >= 0.3 is 5.97 Å². The van der Waals surface area contributed by atoms with Crippen LogP contribution < -0.4 is 10.1 Å². The van der Waals surface area contributed by atoms with Crippen molar-refractivity contribution in [3.8, 4) is 11.5 Å². The van der Waals surface area contributed by atoms with Crippen LogP contribution >= 0.6 is 11.6 Å². The summed E-state index contributed by atoms with van der Waals surface area (Å²) in [7, 11) is 2.70. The average molecular weight is 447 g/mol. The number of esters is 1. The van der Waals surface area contributed by atoms with Crippen LogP contribution in [0.2, 0.25) is 5.02 Å². The first-order valence-electron chi connectivity index (χ1n) is 9.69. The Bertz CT molecular complexity index is 1000. The number of aromatic hydroxyl groups is 1. The van der Waals surface area contributed by atoms with Gasteiger partial charge in [0.05, 0.1) is 25.5 Å². The van der Waals surface area contributed by atoms with E-state index in [2.05, 4.69) is 10.1 Å². The van der Waals surface area contributed by atoms with E-state index in [1.165, 1.54) is 26.4 Å². The molecule has 1 aliphatic rings. The van der Waals surface area contributed by atoms with Crippen molar-refractivity contribution < 1.29 is 29.0 Å². The van der Waals surface area contributed by atoms with E-state index in [0.29, 0.717) is 42.3 Å². The first-order valence-corrected chi connectivity index (χ1v) is 10.1. The number of benzene rings is 2. The molecule has 0 spiro atoms. The number of piperidine rings is 1. The van der Waals surface area contributed by atoms with Crippen molar-refractivity contribution in [2.75, 3.05) is 32.6 Å². The second-order valence-electron chi connectivity index (χ2n) is 7.09. The van der Waals surface area contributed by atoms with E-state index in [1.54, 1.807) is 29.2 Å². The Morgan fingerprint density at radius 2 is 1.81 bits per heavy atom. The number of carbonyl (C=O) groups is 3. The monoisotopic (exact) mass is 446 g/mol. The van der Waals surface area contributed by atoms with Crippen LogP contribution in [-0.4, -0.2) is 55.1 Å². The molecular weight excluding hydrogens is 424 g/mol. The van der Waals surface area contributed by atoms with E-state index >= 15 is 0 Å². The third-order valence-electron chi connectivity index (χ3n) is 5.24. The van der Waals surface area contributed by atoms with Crippen molar-refractivity contribution in [1.29, 1.82) is 0 Å². The lowest BCUT2D eigenvalue weighted by Crippen LogP contribution is -2.41. The highest BCUT2D eigenvalue weighted by Crippen LogP contribution is 2.30. The summed E-state index contributed by atoms with van der Waals surface area (Å²) >= 11 is 6.02. The van der Waals surface area contributed by atoms with Crippen molar-refractivity contribution in [1.82, 2.24) is 4.90 Å². The zero-order valence-corrected chi connectivity index (χ0v) is 17.9. The molecule has 0 aliphatic carbocycles. The summed E-state index contributed by atoms with van der Waals surface area (Å²) in [5.41, 5.74) is 0.480. The summed E-state index contributed by atoms with van der Waals surface area (Å²) in [5.74, 6) is -1.44. The Morgan fingerprint density at radius 3 is 2.45 bits per heavy atom. The van der Waals surface area contributed by atoms with Gasteiger partial charge in [0.2, 0.25) is 5.91 Å². The van der Waals surface area contributed by atoms with Gasteiger partial charge in [0.1, 0.15) is 11.3 Å². The lowest BCUT2D eigenvalue weighted by atomic mass is 9.95. The number of para-hydroxylation sites is 1. The second-order valence-corrected chi connectivity index (χ2v) is 7.53. The fourth-order valence-electron chi connectivity index (χ4n) is 3.52. The molecule has 0 saturated carbocycles. The molecule has 8 nitrogen and oxygen atoms in total. The maximum Gasteiger partial charge on any atom is 0.341 e. The van der Waals surface area contributed by atoms with Gasteiger partial charge in [-0.15, -0.1) is 0 Å². The Balaban J connectivity index is 1.64. The topological polar surface area (TPSA) is 105 Å². The Morgan fingerprint density at radius 1 is 1.10 bits per heavy atom. The number of hydrogen-bond donors (Lipinski definition) is 2. The largest absolute Gasteiger partial charge is 0.505 e. The first kappa shape index (κ1) is 22.4. The van der Waals surface area contributed by atoms with Crippen LogP contribution in [0.1, 0.15) is 33.6 Å². The highest BCUT2D eigenvalue weighted by molar-refractivity contribution is 6.31. The van der Waals surface area contributed by atoms with E-state index < -0.39 is 5.97 Å². The number of methoxy groups -OCH3 is 2. The third-order valence-corrected chi connectivity index (χ3v) is 5.48. The van der Waals surface area contributed by atoms with Gasteiger partial charge in [-0.05, 0) is 43.2 Å². The van der Waals surface area contributed by atoms with Crippen molar-refractivity contribution in [2.24, 2.45) is 5.92 Å². The number of ether oxygens (including phenoxy) is 2. The van der Waals surface area contributed by atoms with Gasteiger partial charge in [0.25, 0.3) is 5.91 Å². The van der Waals surface area contributed by atoms with Gasteiger partial charge in [0, 0.05) is 24.0 Å². The highest BCUT2D eigenvalue weighted by atomic mass is 35.5. The van der Waals surface area contributed by atoms with Crippen LogP contribution in [0.5, 0.6) is 11.5 Å². The number of rotatable bonds is 5. The second kappa shape index (κ2) is 9.70. The number of phenolic OH excluding ortho intramolecular Hbond substituents is 1. The Kier molecular flexibility index (Phi) is 7.02. The predicted octanol–water partition coefficient (Wildman–Crippen LogP) is 3.33. The minimum absolute atomic E-state index is 0.0313. The molecule has 9 heteroatoms. The lowest BCUT2D eigenvalue weighted by molar-refractivity contribution is -0.121. The number of hydrogen-bond acceptors (Lipinski definition) is 6. The van der Waals surface area contributed by atoms with E-state index in [-0.39, 0.29) is 34.7 Å². The minimum atomic E-state index is -0.697. The van der Waals surface area contributed by atoms with E-state index in [1.807, 2.05) is 0 Å². The molecule has 2 aromatic rings. The molecular formula is C22H23ClN2O6. The molecule has 31 heavy (non-hydrogen) atoms. The molecule has 2 amide bonds. The number of nitrogens with one attached hydrogen (secondary N) is 1. The van der Waals surface area contributed by atoms with Gasteiger partial charge in [-0.25, -0.2) is 4.79 Å². The summed E-state index contributed by atoms with van der Waals surface area (Å²) in [5, 5.41) is 13.4. The number of carbonyl (C=O) groups excluding carboxylic acids is 3. The third kappa shape index (κ3) is 4.91. The summed E-state index contributed by atoms with van der Waals surface area (Å²) in [4.78, 5) is 38.9. The molecule has 0 aromatic heterocycles. The lowest BCUT2D eigenvalue weighted by Gasteiger charge is -2.31. The predicted molar refractivity (Wildman–Crippen MR) is 115 cm³/mol. The maximum atomic E-state index is 12.9. The molecule has 1 saturated heterocycles. The van der Waals surface area contributed by atoms with E-state index in [9.17, 15) is 19.5 Å². The van der Waals surface area contributed by atoms with E-state index in [4.69, 9.17) is 16.3 Å². The van der Waals surface area contributed by atoms with Crippen molar-refractivity contribution in [2.45, 2.75) is 12.8 Å². The molecule has 2 N–H and O–H groups in total.